The number of nitrogens with zero attached hydrogens (tertiary/aromatic N) is 2. The van der Waals surface area contributed by atoms with E-state index in [1.54, 1.807) is 11.0 Å². The highest BCUT2D eigenvalue weighted by molar-refractivity contribution is 6.06. The van der Waals surface area contributed by atoms with Crippen molar-refractivity contribution >= 4 is 17.8 Å². The summed E-state index contributed by atoms with van der Waals surface area (Å²) < 4.78 is 18.7. The third-order valence-electron chi connectivity index (χ3n) is 4.52. The van der Waals surface area contributed by atoms with Crippen LogP contribution in [-0.2, 0) is 9.59 Å². The molecule has 0 aliphatic carbocycles. The Balaban J connectivity index is 1.55. The molecule has 0 atom stereocenters. The van der Waals surface area contributed by atoms with Crippen molar-refractivity contribution in [3.63, 3.8) is 0 Å². The number of hydrogen-bond acceptors (Lipinski definition) is 4. The predicted molar refractivity (Wildman–Crippen MR) is 81.7 cm³/mol. The number of benzene rings is 1. The molecule has 0 unspecified atom stereocenters. The summed E-state index contributed by atoms with van der Waals surface area (Å²) >= 11 is 0. The number of likely N-dealkylation sites (N-methyl/N-ethyl adjacent to an activating group) is 1. The van der Waals surface area contributed by atoms with Crippen molar-refractivity contribution in [2.24, 2.45) is 0 Å². The van der Waals surface area contributed by atoms with Crippen LogP contribution < -0.4 is 10.1 Å². The van der Waals surface area contributed by atoms with Gasteiger partial charge in [-0.05, 0) is 25.0 Å². The van der Waals surface area contributed by atoms with Crippen LogP contribution in [0.1, 0.15) is 12.8 Å². The van der Waals surface area contributed by atoms with Gasteiger partial charge in [-0.25, -0.2) is 9.18 Å². The first kappa shape index (κ1) is 16.2. The summed E-state index contributed by atoms with van der Waals surface area (Å²) in [5.74, 6) is -1.04. The number of imide groups is 1. The molecule has 1 aromatic carbocycles. The molecule has 2 heterocycles. The van der Waals surface area contributed by atoms with E-state index in [2.05, 4.69) is 5.32 Å². The van der Waals surface area contributed by atoms with Gasteiger partial charge in [-0.1, -0.05) is 12.1 Å². The van der Waals surface area contributed by atoms with E-state index in [-0.39, 0.29) is 24.2 Å². The predicted octanol–water partition coefficient (Wildman–Crippen LogP) is 0.747. The van der Waals surface area contributed by atoms with E-state index in [1.165, 1.54) is 25.2 Å². The fourth-order valence-corrected chi connectivity index (χ4v) is 3.02. The largest absolute Gasteiger partial charge is 0.481 e. The number of halogens is 1. The first-order valence-electron chi connectivity index (χ1n) is 7.68. The number of amides is 4. The molecular formula is C16H18FN3O4. The lowest BCUT2D eigenvalue weighted by Crippen LogP contribution is -2.56. The molecule has 1 spiro atoms. The van der Waals surface area contributed by atoms with Crippen molar-refractivity contribution in [2.45, 2.75) is 18.4 Å². The lowest BCUT2D eigenvalue weighted by molar-refractivity contribution is -0.139. The summed E-state index contributed by atoms with van der Waals surface area (Å²) in [6, 6.07) is 5.46. The number of ether oxygens (including phenoxy) is 1. The molecule has 8 heteroatoms. The Morgan fingerprint density at radius 3 is 2.54 bits per heavy atom. The molecule has 0 aromatic heterocycles. The second kappa shape index (κ2) is 6.10. The maximum Gasteiger partial charge on any atom is 0.324 e. The van der Waals surface area contributed by atoms with Gasteiger partial charge in [-0.2, -0.15) is 0 Å². The van der Waals surface area contributed by atoms with Gasteiger partial charge in [0.1, 0.15) is 5.54 Å². The minimum absolute atomic E-state index is 0.0270. The molecular weight excluding hydrogens is 317 g/mol. The highest BCUT2D eigenvalue weighted by atomic mass is 19.1. The summed E-state index contributed by atoms with van der Waals surface area (Å²) in [5.41, 5.74) is -0.908. The van der Waals surface area contributed by atoms with Gasteiger partial charge in [0.25, 0.3) is 11.8 Å². The topological polar surface area (TPSA) is 79.0 Å². The number of likely N-dealkylation sites (tertiary alicyclic amines) is 1. The fourth-order valence-electron chi connectivity index (χ4n) is 3.02. The van der Waals surface area contributed by atoms with Crippen LogP contribution in [0.4, 0.5) is 9.18 Å². The summed E-state index contributed by atoms with van der Waals surface area (Å²) in [6.07, 6.45) is 0.709. The summed E-state index contributed by atoms with van der Waals surface area (Å²) in [5, 5.41) is 2.71. The second-order valence-corrected chi connectivity index (χ2v) is 5.98. The van der Waals surface area contributed by atoms with E-state index in [0.29, 0.717) is 25.9 Å². The van der Waals surface area contributed by atoms with Crippen LogP contribution in [0.25, 0.3) is 0 Å². The van der Waals surface area contributed by atoms with E-state index in [0.717, 1.165) is 4.90 Å². The summed E-state index contributed by atoms with van der Waals surface area (Å²) in [7, 11) is 1.44. The van der Waals surface area contributed by atoms with E-state index in [1.807, 2.05) is 0 Å². The van der Waals surface area contributed by atoms with Crippen molar-refractivity contribution in [2.75, 3.05) is 26.7 Å². The quantitative estimate of drug-likeness (QED) is 0.827. The Kier molecular flexibility index (Phi) is 4.13. The van der Waals surface area contributed by atoms with Crippen LogP contribution in [0.3, 0.4) is 0 Å². The highest BCUT2D eigenvalue weighted by Gasteiger charge is 2.51. The molecule has 0 saturated carbocycles. The molecule has 2 saturated heterocycles. The number of carbonyl (C=O) groups excluding carboxylic acids is 3. The first-order chi connectivity index (χ1) is 11.4. The number of urea groups is 1. The second-order valence-electron chi connectivity index (χ2n) is 5.98. The van der Waals surface area contributed by atoms with E-state index >= 15 is 0 Å². The molecule has 7 nitrogen and oxygen atoms in total. The summed E-state index contributed by atoms with van der Waals surface area (Å²) in [6.45, 7) is 0.396. The minimum Gasteiger partial charge on any atom is -0.481 e. The standard InChI is InChI=1S/C16H18FN3O4/c1-19-14(22)16(18-15(19)23)6-8-20(9-7-16)13(21)10-24-12-5-3-2-4-11(12)17/h2-5H,6-10H2,1H3,(H,18,23). The highest BCUT2D eigenvalue weighted by Crippen LogP contribution is 2.28. The van der Waals surface area contributed by atoms with Gasteiger partial charge >= 0.3 is 6.03 Å². The lowest BCUT2D eigenvalue weighted by atomic mass is 9.87. The average Bonchev–Trinajstić information content (AvgIpc) is 2.79. The first-order valence-corrected chi connectivity index (χ1v) is 7.68. The van der Waals surface area contributed by atoms with Gasteiger partial charge in [0.15, 0.2) is 18.2 Å². The van der Waals surface area contributed by atoms with Crippen molar-refractivity contribution in [1.29, 1.82) is 0 Å². The number of rotatable bonds is 3. The van der Waals surface area contributed by atoms with Gasteiger partial charge in [-0.15, -0.1) is 0 Å². The molecule has 0 radical (unpaired) electrons. The SMILES string of the molecule is CN1C(=O)NC2(CCN(C(=O)COc3ccccc3F)CC2)C1=O. The number of para-hydroxylation sites is 1. The van der Waals surface area contributed by atoms with Crippen LogP contribution in [0.2, 0.25) is 0 Å². The molecule has 128 valence electrons. The van der Waals surface area contributed by atoms with Crippen molar-refractivity contribution in [3.05, 3.63) is 30.1 Å². The number of nitrogens with one attached hydrogen (secondary N) is 1. The maximum atomic E-state index is 13.5. The third kappa shape index (κ3) is 2.79. The van der Waals surface area contributed by atoms with E-state index in [9.17, 15) is 18.8 Å². The third-order valence-corrected chi connectivity index (χ3v) is 4.52. The van der Waals surface area contributed by atoms with Crippen molar-refractivity contribution < 1.29 is 23.5 Å². The van der Waals surface area contributed by atoms with Crippen molar-refractivity contribution in [3.8, 4) is 5.75 Å². The molecule has 0 bridgehead atoms. The van der Waals surface area contributed by atoms with Crippen LogP contribution in [0, 0.1) is 5.82 Å². The lowest BCUT2D eigenvalue weighted by Gasteiger charge is -2.37. The molecule has 4 amide bonds. The molecule has 2 fully saturated rings. The number of carbonyl (C=O) groups is 3. The molecule has 2 aliphatic heterocycles. The maximum absolute atomic E-state index is 13.5. The monoisotopic (exact) mass is 335 g/mol. The Hall–Kier alpha value is -2.64. The van der Waals surface area contributed by atoms with Gasteiger partial charge in [0.2, 0.25) is 0 Å². The Labute approximate surface area is 138 Å². The normalized spacial score (nSPS) is 19.6. The van der Waals surface area contributed by atoms with E-state index < -0.39 is 17.4 Å². The molecule has 24 heavy (non-hydrogen) atoms. The molecule has 1 N–H and O–H groups in total. The minimum atomic E-state index is -0.908. The van der Waals surface area contributed by atoms with Gasteiger partial charge in [0.05, 0.1) is 0 Å². The van der Waals surface area contributed by atoms with Gasteiger partial charge < -0.3 is 15.0 Å². The molecule has 2 aliphatic rings. The zero-order valence-electron chi connectivity index (χ0n) is 13.3. The fraction of sp³-hybridized carbons (Fsp3) is 0.438. The van der Waals surface area contributed by atoms with E-state index in [4.69, 9.17) is 4.74 Å². The summed E-state index contributed by atoms with van der Waals surface area (Å²) in [4.78, 5) is 38.6. The van der Waals surface area contributed by atoms with Crippen LogP contribution >= 0.6 is 0 Å². The smallest absolute Gasteiger partial charge is 0.324 e. The number of hydrogen-bond donors (Lipinski definition) is 1. The van der Waals surface area contributed by atoms with Crippen molar-refractivity contribution in [1.82, 2.24) is 15.1 Å². The Morgan fingerprint density at radius 2 is 1.96 bits per heavy atom. The molecule has 3 rings (SSSR count). The van der Waals surface area contributed by atoms with Crippen LogP contribution in [0.15, 0.2) is 24.3 Å². The zero-order chi connectivity index (χ0) is 17.3. The Bertz CT molecular complexity index is 686. The van der Waals surface area contributed by atoms with Crippen LogP contribution in [0.5, 0.6) is 5.75 Å². The molecule has 1 aromatic rings. The van der Waals surface area contributed by atoms with Crippen LogP contribution in [-0.4, -0.2) is 59.9 Å². The van der Waals surface area contributed by atoms with Gasteiger partial charge in [-0.3, -0.25) is 14.5 Å². The number of piperidine rings is 1. The van der Waals surface area contributed by atoms with Gasteiger partial charge in [0, 0.05) is 20.1 Å². The zero-order valence-corrected chi connectivity index (χ0v) is 13.3. The average molecular weight is 335 g/mol. The Morgan fingerprint density at radius 1 is 1.29 bits per heavy atom.